The van der Waals surface area contributed by atoms with Crippen LogP contribution in [0.15, 0.2) is 53.9 Å². The fraction of sp³-hybridized carbons (Fsp3) is 0.217. The molecule has 1 aliphatic heterocycles. The van der Waals surface area contributed by atoms with Crippen LogP contribution in [0, 0.1) is 5.92 Å². The van der Waals surface area contributed by atoms with Crippen LogP contribution < -0.4 is 14.8 Å². The van der Waals surface area contributed by atoms with Gasteiger partial charge >= 0.3 is 0 Å². The number of carbonyl (C=O) groups is 1. The third kappa shape index (κ3) is 4.84. The lowest BCUT2D eigenvalue weighted by atomic mass is 10.0. The standard InChI is InChI=1S/C23H22N2O3S/c1-15(2)11-16-3-7-18(8-4-16)19-13-29-23(24-19)25-22(26)10-6-17-5-9-20-21(12-17)28-14-27-20/h3-10,12-13,15H,11,14H2,1-2H3,(H,24,25,26)/b10-6+. The molecular formula is C23H22N2O3S. The molecule has 29 heavy (non-hydrogen) atoms. The average Bonchev–Trinajstić information content (AvgIpc) is 3.35. The number of nitrogens with one attached hydrogen (secondary N) is 1. The first kappa shape index (κ1) is 19.2. The number of fused-ring (bicyclic) bond motifs is 1. The minimum atomic E-state index is -0.226. The number of nitrogens with zero attached hydrogens (tertiary/aromatic N) is 1. The van der Waals surface area contributed by atoms with Gasteiger partial charge in [-0.3, -0.25) is 10.1 Å². The summed E-state index contributed by atoms with van der Waals surface area (Å²) in [5.74, 6) is 1.82. The minimum absolute atomic E-state index is 0.226. The van der Waals surface area contributed by atoms with E-state index >= 15 is 0 Å². The van der Waals surface area contributed by atoms with Gasteiger partial charge in [-0.15, -0.1) is 11.3 Å². The molecule has 0 atom stereocenters. The number of rotatable bonds is 6. The number of hydrogen-bond donors (Lipinski definition) is 1. The Labute approximate surface area is 174 Å². The topological polar surface area (TPSA) is 60.5 Å². The molecule has 0 saturated carbocycles. The second kappa shape index (κ2) is 8.49. The van der Waals surface area contributed by atoms with E-state index in [9.17, 15) is 4.79 Å². The van der Waals surface area contributed by atoms with Gasteiger partial charge < -0.3 is 9.47 Å². The van der Waals surface area contributed by atoms with Gasteiger partial charge in [-0.1, -0.05) is 44.2 Å². The number of anilines is 1. The molecule has 1 N–H and O–H groups in total. The fourth-order valence-corrected chi connectivity index (χ4v) is 3.81. The molecule has 6 heteroatoms. The first-order valence-corrected chi connectivity index (χ1v) is 10.4. The molecule has 0 bridgehead atoms. The van der Waals surface area contributed by atoms with Gasteiger partial charge in [-0.05, 0) is 41.7 Å². The number of carbonyl (C=O) groups excluding carboxylic acids is 1. The minimum Gasteiger partial charge on any atom is -0.454 e. The van der Waals surface area contributed by atoms with Crippen LogP contribution in [0.3, 0.4) is 0 Å². The Morgan fingerprint density at radius 2 is 1.97 bits per heavy atom. The molecule has 0 saturated heterocycles. The van der Waals surface area contributed by atoms with Crippen LogP contribution in [0.1, 0.15) is 25.0 Å². The Kier molecular flexibility index (Phi) is 5.62. The van der Waals surface area contributed by atoms with Crippen molar-refractivity contribution in [2.75, 3.05) is 12.1 Å². The molecule has 0 radical (unpaired) electrons. The maximum absolute atomic E-state index is 12.2. The SMILES string of the molecule is CC(C)Cc1ccc(-c2csc(NC(=O)/C=C/c3ccc4c(c3)OCO4)n2)cc1. The van der Waals surface area contributed by atoms with Crippen molar-refractivity contribution >= 4 is 28.5 Å². The quantitative estimate of drug-likeness (QED) is 0.558. The third-order valence-corrected chi connectivity index (χ3v) is 5.21. The van der Waals surface area contributed by atoms with Gasteiger partial charge in [-0.2, -0.15) is 0 Å². The average molecular weight is 407 g/mol. The molecule has 0 unspecified atom stereocenters. The largest absolute Gasteiger partial charge is 0.454 e. The molecular weight excluding hydrogens is 384 g/mol. The molecule has 0 spiro atoms. The third-order valence-electron chi connectivity index (χ3n) is 4.45. The van der Waals surface area contributed by atoms with Crippen LogP contribution in [0.5, 0.6) is 11.5 Å². The second-order valence-corrected chi connectivity index (χ2v) is 8.13. The molecule has 1 aliphatic rings. The highest BCUT2D eigenvalue weighted by Gasteiger charge is 2.12. The summed E-state index contributed by atoms with van der Waals surface area (Å²) in [7, 11) is 0. The predicted molar refractivity (Wildman–Crippen MR) is 116 cm³/mol. The lowest BCUT2D eigenvalue weighted by molar-refractivity contribution is -0.111. The lowest BCUT2D eigenvalue weighted by Gasteiger charge is -2.05. The smallest absolute Gasteiger partial charge is 0.250 e. The van der Waals surface area contributed by atoms with Crippen molar-refractivity contribution in [3.63, 3.8) is 0 Å². The van der Waals surface area contributed by atoms with E-state index in [0.29, 0.717) is 16.8 Å². The molecule has 1 aromatic heterocycles. The van der Waals surface area contributed by atoms with Gasteiger partial charge in [0, 0.05) is 17.0 Å². The van der Waals surface area contributed by atoms with Crippen LogP contribution in [0.2, 0.25) is 0 Å². The molecule has 1 amide bonds. The van der Waals surface area contributed by atoms with Crippen molar-refractivity contribution in [3.8, 4) is 22.8 Å². The van der Waals surface area contributed by atoms with E-state index in [4.69, 9.17) is 9.47 Å². The highest BCUT2D eigenvalue weighted by atomic mass is 32.1. The zero-order valence-electron chi connectivity index (χ0n) is 16.3. The van der Waals surface area contributed by atoms with Crippen molar-refractivity contribution < 1.29 is 14.3 Å². The van der Waals surface area contributed by atoms with Gasteiger partial charge in [0.05, 0.1) is 5.69 Å². The summed E-state index contributed by atoms with van der Waals surface area (Å²) in [4.78, 5) is 16.8. The number of aromatic nitrogens is 1. The van der Waals surface area contributed by atoms with E-state index in [1.54, 1.807) is 6.08 Å². The predicted octanol–water partition coefficient (Wildman–Crippen LogP) is 5.39. The number of amides is 1. The number of ether oxygens (including phenoxy) is 2. The highest BCUT2D eigenvalue weighted by molar-refractivity contribution is 7.14. The number of benzene rings is 2. The van der Waals surface area contributed by atoms with Crippen molar-refractivity contribution in [1.29, 1.82) is 0 Å². The van der Waals surface area contributed by atoms with Crippen molar-refractivity contribution in [3.05, 3.63) is 65.0 Å². The first-order valence-electron chi connectivity index (χ1n) is 9.50. The summed E-state index contributed by atoms with van der Waals surface area (Å²) in [5, 5.41) is 5.35. The Balaban J connectivity index is 1.37. The van der Waals surface area contributed by atoms with Gasteiger partial charge in [0.2, 0.25) is 12.7 Å². The van der Waals surface area contributed by atoms with Gasteiger partial charge in [0.25, 0.3) is 0 Å². The van der Waals surface area contributed by atoms with Gasteiger partial charge in [0.15, 0.2) is 16.6 Å². The first-order chi connectivity index (χ1) is 14.1. The number of hydrogen-bond acceptors (Lipinski definition) is 5. The van der Waals surface area contributed by atoms with E-state index in [1.165, 1.54) is 23.0 Å². The molecule has 0 fully saturated rings. The second-order valence-electron chi connectivity index (χ2n) is 7.27. The zero-order chi connectivity index (χ0) is 20.2. The maximum Gasteiger partial charge on any atom is 0.250 e. The van der Waals surface area contributed by atoms with E-state index in [2.05, 4.69) is 48.4 Å². The number of thiazole rings is 1. The van der Waals surface area contributed by atoms with Crippen LogP contribution in [-0.4, -0.2) is 17.7 Å². The van der Waals surface area contributed by atoms with Crippen LogP contribution in [-0.2, 0) is 11.2 Å². The molecule has 2 heterocycles. The summed E-state index contributed by atoms with van der Waals surface area (Å²) < 4.78 is 10.6. The Hall–Kier alpha value is -3.12. The van der Waals surface area contributed by atoms with E-state index in [-0.39, 0.29) is 12.7 Å². The Bertz CT molecular complexity index is 1040. The molecule has 0 aliphatic carbocycles. The monoisotopic (exact) mass is 406 g/mol. The highest BCUT2D eigenvalue weighted by Crippen LogP contribution is 2.32. The normalized spacial score (nSPS) is 12.7. The molecule has 148 valence electrons. The summed E-state index contributed by atoms with van der Waals surface area (Å²) in [5.41, 5.74) is 4.10. The summed E-state index contributed by atoms with van der Waals surface area (Å²) >= 11 is 1.41. The molecule has 4 rings (SSSR count). The van der Waals surface area contributed by atoms with Gasteiger partial charge in [-0.25, -0.2) is 4.98 Å². The van der Waals surface area contributed by atoms with Crippen LogP contribution >= 0.6 is 11.3 Å². The van der Waals surface area contributed by atoms with Crippen molar-refractivity contribution in [1.82, 2.24) is 4.98 Å². The molecule has 3 aromatic rings. The van der Waals surface area contributed by atoms with Crippen LogP contribution in [0.25, 0.3) is 17.3 Å². The van der Waals surface area contributed by atoms with E-state index < -0.39 is 0 Å². The zero-order valence-corrected chi connectivity index (χ0v) is 17.2. The van der Waals surface area contributed by atoms with Gasteiger partial charge in [0.1, 0.15) is 0 Å². The Morgan fingerprint density at radius 1 is 1.17 bits per heavy atom. The van der Waals surface area contributed by atoms with Crippen molar-refractivity contribution in [2.45, 2.75) is 20.3 Å². The summed E-state index contributed by atoms with van der Waals surface area (Å²) in [6.07, 6.45) is 4.28. The van der Waals surface area contributed by atoms with E-state index in [0.717, 1.165) is 29.0 Å². The molecule has 5 nitrogen and oxygen atoms in total. The fourth-order valence-electron chi connectivity index (χ4n) is 3.08. The van der Waals surface area contributed by atoms with Crippen LogP contribution in [0.4, 0.5) is 5.13 Å². The lowest BCUT2D eigenvalue weighted by Crippen LogP contribution is -2.07. The summed E-state index contributed by atoms with van der Waals surface area (Å²) in [6.45, 7) is 4.66. The summed E-state index contributed by atoms with van der Waals surface area (Å²) in [6, 6.07) is 14.0. The maximum atomic E-state index is 12.2. The Morgan fingerprint density at radius 3 is 2.76 bits per heavy atom. The van der Waals surface area contributed by atoms with E-state index in [1.807, 2.05) is 23.6 Å². The van der Waals surface area contributed by atoms with Crippen molar-refractivity contribution in [2.24, 2.45) is 5.92 Å². The molecule has 2 aromatic carbocycles.